The fourth-order valence-electron chi connectivity index (χ4n) is 3.33. The standard InChI is InChI=1S/C18H22N4OS2/c23-17(20-14-3-1-2-4-14)15-12-25-18(21-15)13-5-6-16(19-11-13)22-7-9-24-10-8-22/h5-6,11-12,14H,1-4,7-10H2,(H,20,23). The van der Waals surface area contributed by atoms with Crippen molar-refractivity contribution in [2.75, 3.05) is 29.5 Å². The maximum atomic E-state index is 12.3. The van der Waals surface area contributed by atoms with Crippen LogP contribution in [0.2, 0.25) is 0 Å². The Morgan fingerprint density at radius 2 is 2.00 bits per heavy atom. The smallest absolute Gasteiger partial charge is 0.270 e. The van der Waals surface area contributed by atoms with Gasteiger partial charge in [-0.2, -0.15) is 11.8 Å². The highest BCUT2D eigenvalue weighted by Crippen LogP contribution is 2.26. The van der Waals surface area contributed by atoms with E-state index in [4.69, 9.17) is 0 Å². The lowest BCUT2D eigenvalue weighted by atomic mass is 10.2. The van der Waals surface area contributed by atoms with Crippen molar-refractivity contribution in [1.29, 1.82) is 0 Å². The van der Waals surface area contributed by atoms with Crippen molar-refractivity contribution in [1.82, 2.24) is 15.3 Å². The molecule has 5 nitrogen and oxygen atoms in total. The number of thioether (sulfide) groups is 1. The number of nitrogens with one attached hydrogen (secondary N) is 1. The first-order valence-corrected chi connectivity index (χ1v) is 10.9. The second-order valence-electron chi connectivity index (χ2n) is 6.50. The minimum absolute atomic E-state index is 0.0511. The average molecular weight is 375 g/mol. The first-order chi connectivity index (χ1) is 12.3. The van der Waals surface area contributed by atoms with E-state index in [2.05, 4.69) is 32.3 Å². The number of amides is 1. The van der Waals surface area contributed by atoms with Gasteiger partial charge in [0, 0.05) is 47.8 Å². The highest BCUT2D eigenvalue weighted by Gasteiger charge is 2.20. The van der Waals surface area contributed by atoms with Crippen LogP contribution in [0.1, 0.15) is 36.2 Å². The molecule has 25 heavy (non-hydrogen) atoms. The van der Waals surface area contributed by atoms with Crippen molar-refractivity contribution in [2.24, 2.45) is 0 Å². The van der Waals surface area contributed by atoms with E-state index in [1.165, 1.54) is 24.2 Å². The number of nitrogens with zero attached hydrogens (tertiary/aromatic N) is 3. The highest BCUT2D eigenvalue weighted by molar-refractivity contribution is 7.99. The lowest BCUT2D eigenvalue weighted by molar-refractivity contribution is 0.0933. The van der Waals surface area contributed by atoms with Gasteiger partial charge in [0.1, 0.15) is 16.5 Å². The third-order valence-electron chi connectivity index (χ3n) is 4.76. The Kier molecular flexibility index (Phi) is 5.22. The van der Waals surface area contributed by atoms with Gasteiger partial charge in [-0.3, -0.25) is 4.79 Å². The molecule has 0 radical (unpaired) electrons. The van der Waals surface area contributed by atoms with Crippen molar-refractivity contribution in [3.8, 4) is 10.6 Å². The molecule has 2 aromatic heterocycles. The molecule has 3 heterocycles. The van der Waals surface area contributed by atoms with Crippen LogP contribution in [0.5, 0.6) is 0 Å². The number of carbonyl (C=O) groups excluding carboxylic acids is 1. The molecular weight excluding hydrogens is 352 g/mol. The van der Waals surface area contributed by atoms with Crippen LogP contribution < -0.4 is 10.2 Å². The largest absolute Gasteiger partial charge is 0.355 e. The summed E-state index contributed by atoms with van der Waals surface area (Å²) in [4.78, 5) is 23.7. The summed E-state index contributed by atoms with van der Waals surface area (Å²) in [5, 5.41) is 5.79. The monoisotopic (exact) mass is 374 g/mol. The minimum atomic E-state index is -0.0511. The van der Waals surface area contributed by atoms with E-state index in [0.29, 0.717) is 11.7 Å². The lowest BCUT2D eigenvalue weighted by Gasteiger charge is -2.27. The van der Waals surface area contributed by atoms with Crippen LogP contribution in [0.3, 0.4) is 0 Å². The molecule has 1 saturated heterocycles. The van der Waals surface area contributed by atoms with Gasteiger partial charge in [0.05, 0.1) is 0 Å². The Bertz CT molecular complexity index is 719. The van der Waals surface area contributed by atoms with Crippen LogP contribution in [-0.4, -0.2) is 46.5 Å². The summed E-state index contributed by atoms with van der Waals surface area (Å²) in [6.07, 6.45) is 6.46. The molecule has 2 fully saturated rings. The van der Waals surface area contributed by atoms with Gasteiger partial charge in [-0.25, -0.2) is 9.97 Å². The zero-order valence-corrected chi connectivity index (χ0v) is 15.7. The molecule has 0 unspecified atom stereocenters. The minimum Gasteiger partial charge on any atom is -0.355 e. The Balaban J connectivity index is 1.43. The molecular formula is C18H22N4OS2. The molecule has 0 aromatic carbocycles. The number of anilines is 1. The molecule has 0 spiro atoms. The number of rotatable bonds is 4. The quantitative estimate of drug-likeness (QED) is 0.888. The third-order valence-corrected chi connectivity index (χ3v) is 6.59. The number of hydrogen-bond donors (Lipinski definition) is 1. The van der Waals surface area contributed by atoms with Gasteiger partial charge in [-0.05, 0) is 25.0 Å². The molecule has 4 rings (SSSR count). The van der Waals surface area contributed by atoms with E-state index < -0.39 is 0 Å². The fourth-order valence-corrected chi connectivity index (χ4v) is 5.03. The Morgan fingerprint density at radius 3 is 2.72 bits per heavy atom. The van der Waals surface area contributed by atoms with Crippen molar-refractivity contribution in [3.63, 3.8) is 0 Å². The second kappa shape index (κ2) is 7.74. The Hall–Kier alpha value is -1.60. The summed E-state index contributed by atoms with van der Waals surface area (Å²) < 4.78 is 0. The van der Waals surface area contributed by atoms with Gasteiger partial charge in [-0.15, -0.1) is 11.3 Å². The van der Waals surface area contributed by atoms with Crippen LogP contribution in [0.4, 0.5) is 5.82 Å². The van der Waals surface area contributed by atoms with E-state index >= 15 is 0 Å². The number of pyridine rings is 1. The molecule has 1 aliphatic heterocycles. The number of aromatic nitrogens is 2. The predicted molar refractivity (Wildman–Crippen MR) is 105 cm³/mol. The second-order valence-corrected chi connectivity index (χ2v) is 8.58. The van der Waals surface area contributed by atoms with Gasteiger partial charge in [0.25, 0.3) is 5.91 Å². The molecule has 1 N–H and O–H groups in total. The molecule has 1 amide bonds. The first-order valence-electron chi connectivity index (χ1n) is 8.85. The molecule has 1 aliphatic carbocycles. The van der Waals surface area contributed by atoms with Gasteiger partial charge in [0.2, 0.25) is 0 Å². The normalized spacial score (nSPS) is 18.5. The number of carbonyl (C=O) groups is 1. The summed E-state index contributed by atoms with van der Waals surface area (Å²) in [5.74, 6) is 3.30. The summed E-state index contributed by atoms with van der Waals surface area (Å²) in [6.45, 7) is 2.11. The van der Waals surface area contributed by atoms with E-state index in [-0.39, 0.29) is 5.91 Å². The summed E-state index contributed by atoms with van der Waals surface area (Å²) in [7, 11) is 0. The molecule has 7 heteroatoms. The first kappa shape index (κ1) is 16.8. The molecule has 2 aromatic rings. The van der Waals surface area contributed by atoms with E-state index in [9.17, 15) is 4.79 Å². The average Bonchev–Trinajstić information content (AvgIpc) is 3.34. The van der Waals surface area contributed by atoms with Gasteiger partial charge in [-0.1, -0.05) is 12.8 Å². The maximum Gasteiger partial charge on any atom is 0.270 e. The summed E-state index contributed by atoms with van der Waals surface area (Å²) >= 11 is 3.50. The molecule has 0 atom stereocenters. The van der Waals surface area contributed by atoms with Crippen LogP contribution in [0, 0.1) is 0 Å². The zero-order valence-electron chi connectivity index (χ0n) is 14.1. The van der Waals surface area contributed by atoms with Crippen molar-refractivity contribution < 1.29 is 4.79 Å². The van der Waals surface area contributed by atoms with E-state index in [1.54, 1.807) is 0 Å². The maximum absolute atomic E-state index is 12.3. The number of thiazole rings is 1. The molecule has 132 valence electrons. The van der Waals surface area contributed by atoms with Crippen LogP contribution in [0.25, 0.3) is 10.6 Å². The van der Waals surface area contributed by atoms with Crippen molar-refractivity contribution >= 4 is 34.8 Å². The van der Waals surface area contributed by atoms with E-state index in [1.807, 2.05) is 23.3 Å². The zero-order chi connectivity index (χ0) is 17.1. The Morgan fingerprint density at radius 1 is 1.20 bits per heavy atom. The topological polar surface area (TPSA) is 58.1 Å². The number of hydrogen-bond acceptors (Lipinski definition) is 6. The van der Waals surface area contributed by atoms with Crippen LogP contribution in [-0.2, 0) is 0 Å². The summed E-state index contributed by atoms with van der Waals surface area (Å²) in [6, 6.07) is 4.44. The highest BCUT2D eigenvalue weighted by atomic mass is 32.2. The van der Waals surface area contributed by atoms with Gasteiger partial charge in [0.15, 0.2) is 0 Å². The molecule has 2 aliphatic rings. The van der Waals surface area contributed by atoms with Crippen LogP contribution in [0.15, 0.2) is 23.7 Å². The lowest BCUT2D eigenvalue weighted by Crippen LogP contribution is -2.33. The molecule has 1 saturated carbocycles. The van der Waals surface area contributed by atoms with Crippen molar-refractivity contribution in [2.45, 2.75) is 31.7 Å². The molecule has 0 bridgehead atoms. The predicted octanol–water partition coefficient (Wildman–Crippen LogP) is 3.43. The van der Waals surface area contributed by atoms with Gasteiger partial charge >= 0.3 is 0 Å². The fraction of sp³-hybridized carbons (Fsp3) is 0.500. The van der Waals surface area contributed by atoms with Crippen molar-refractivity contribution in [3.05, 3.63) is 29.4 Å². The Labute approximate surface area is 156 Å². The third kappa shape index (κ3) is 3.98. The van der Waals surface area contributed by atoms with E-state index in [0.717, 1.165) is 53.8 Å². The summed E-state index contributed by atoms with van der Waals surface area (Å²) in [5.41, 5.74) is 1.49. The SMILES string of the molecule is O=C(NC1CCCC1)c1csc(-c2ccc(N3CCSCC3)nc2)n1. The van der Waals surface area contributed by atoms with Crippen LogP contribution >= 0.6 is 23.1 Å². The van der Waals surface area contributed by atoms with Gasteiger partial charge < -0.3 is 10.2 Å².